The van der Waals surface area contributed by atoms with Gasteiger partial charge in [0.25, 0.3) is 0 Å². The molecule has 0 spiro atoms. The summed E-state index contributed by atoms with van der Waals surface area (Å²) < 4.78 is 10.9. The summed E-state index contributed by atoms with van der Waals surface area (Å²) in [5.41, 5.74) is 13.1. The molecule has 0 bridgehead atoms. The Balaban J connectivity index is 2.17. The summed E-state index contributed by atoms with van der Waals surface area (Å²) in [6.07, 6.45) is 3.11. The fraction of sp³-hybridized carbons (Fsp3) is 0.364. The van der Waals surface area contributed by atoms with Crippen LogP contribution in [0.4, 0.5) is 0 Å². The van der Waals surface area contributed by atoms with Gasteiger partial charge in [-0.2, -0.15) is 0 Å². The molecule has 0 saturated heterocycles. The molecule has 0 aliphatic heterocycles. The van der Waals surface area contributed by atoms with Crippen molar-refractivity contribution in [2.45, 2.75) is 33.1 Å². The molecular weight excluding hydrogens is 324 g/mol. The number of nitrogens with two attached hydrogens (primary N) is 1. The molecule has 0 amide bonds. The van der Waals surface area contributed by atoms with Gasteiger partial charge in [-0.25, -0.2) is 0 Å². The third-order valence-electron chi connectivity index (χ3n) is 5.17. The van der Waals surface area contributed by atoms with Crippen molar-refractivity contribution in [3.8, 4) is 22.8 Å². The highest BCUT2D eigenvalue weighted by Gasteiger charge is 2.16. The van der Waals surface area contributed by atoms with Gasteiger partial charge in [0.15, 0.2) is 11.5 Å². The Morgan fingerprint density at radius 3 is 2.42 bits per heavy atom. The van der Waals surface area contributed by atoms with Crippen molar-refractivity contribution in [3.05, 3.63) is 47.0 Å². The van der Waals surface area contributed by atoms with Crippen LogP contribution in [-0.2, 0) is 6.42 Å². The fourth-order valence-corrected chi connectivity index (χ4v) is 3.51. The molecule has 1 heterocycles. The quantitative estimate of drug-likeness (QED) is 0.603. The Morgan fingerprint density at radius 1 is 0.962 bits per heavy atom. The molecule has 4 heteroatoms. The van der Waals surface area contributed by atoms with Crippen molar-refractivity contribution in [1.82, 2.24) is 4.98 Å². The monoisotopic (exact) mass is 352 g/mol. The lowest BCUT2D eigenvalue weighted by Crippen LogP contribution is -1.99. The zero-order valence-corrected chi connectivity index (χ0v) is 16.1. The zero-order valence-electron chi connectivity index (χ0n) is 16.1. The van der Waals surface area contributed by atoms with E-state index >= 15 is 0 Å². The highest BCUT2D eigenvalue weighted by atomic mass is 16.5. The number of benzene rings is 2. The Labute approximate surface area is 155 Å². The molecule has 0 fully saturated rings. The highest BCUT2D eigenvalue weighted by Crippen LogP contribution is 2.37. The van der Waals surface area contributed by atoms with Gasteiger partial charge in [0, 0.05) is 22.2 Å². The van der Waals surface area contributed by atoms with Crippen molar-refractivity contribution >= 4 is 10.9 Å². The average Bonchev–Trinajstić information content (AvgIpc) is 3.03. The number of hydrogen-bond donors (Lipinski definition) is 2. The minimum atomic E-state index is 0.728. The number of ether oxygens (including phenoxy) is 2. The van der Waals surface area contributed by atoms with Gasteiger partial charge in [-0.1, -0.05) is 12.1 Å². The number of H-pyrrole nitrogens is 1. The topological polar surface area (TPSA) is 60.3 Å². The van der Waals surface area contributed by atoms with E-state index in [4.69, 9.17) is 15.2 Å². The van der Waals surface area contributed by atoms with Crippen LogP contribution in [0.3, 0.4) is 0 Å². The van der Waals surface area contributed by atoms with Gasteiger partial charge in [0.1, 0.15) is 0 Å². The van der Waals surface area contributed by atoms with E-state index in [9.17, 15) is 0 Å². The second-order valence-electron chi connectivity index (χ2n) is 6.72. The summed E-state index contributed by atoms with van der Waals surface area (Å²) in [6, 6.07) is 10.5. The third-order valence-corrected chi connectivity index (χ3v) is 5.17. The molecule has 4 nitrogen and oxygen atoms in total. The van der Waals surface area contributed by atoms with Crippen LogP contribution in [0.5, 0.6) is 11.5 Å². The molecule has 0 radical (unpaired) electrons. The maximum atomic E-state index is 5.71. The Bertz CT molecular complexity index is 912. The summed E-state index contributed by atoms with van der Waals surface area (Å²) in [7, 11) is 3.33. The number of aromatic amines is 1. The number of rotatable bonds is 7. The smallest absolute Gasteiger partial charge is 0.161 e. The van der Waals surface area contributed by atoms with Gasteiger partial charge >= 0.3 is 0 Å². The van der Waals surface area contributed by atoms with Crippen molar-refractivity contribution < 1.29 is 9.47 Å². The van der Waals surface area contributed by atoms with E-state index in [2.05, 4.69) is 37.0 Å². The number of fused-ring (bicyclic) bond motifs is 1. The fourth-order valence-electron chi connectivity index (χ4n) is 3.51. The zero-order chi connectivity index (χ0) is 18.7. The molecule has 0 saturated carbocycles. The van der Waals surface area contributed by atoms with Crippen molar-refractivity contribution in [2.75, 3.05) is 20.8 Å². The highest BCUT2D eigenvalue weighted by molar-refractivity contribution is 5.93. The Morgan fingerprint density at radius 2 is 1.73 bits per heavy atom. The van der Waals surface area contributed by atoms with Crippen LogP contribution in [0.1, 0.15) is 29.5 Å². The van der Waals surface area contributed by atoms with Crippen LogP contribution in [0.15, 0.2) is 30.3 Å². The normalized spacial score (nSPS) is 11.1. The molecule has 26 heavy (non-hydrogen) atoms. The number of aryl methyl sites for hydroxylation is 3. The average molecular weight is 352 g/mol. The molecule has 0 atom stereocenters. The number of methoxy groups -OCH3 is 2. The first-order chi connectivity index (χ1) is 12.6. The van der Waals surface area contributed by atoms with Gasteiger partial charge in [-0.3, -0.25) is 0 Å². The molecule has 0 aliphatic carbocycles. The van der Waals surface area contributed by atoms with Crippen molar-refractivity contribution in [2.24, 2.45) is 5.73 Å². The molecule has 2 aromatic carbocycles. The predicted molar refractivity (Wildman–Crippen MR) is 108 cm³/mol. The first kappa shape index (κ1) is 18.3. The maximum Gasteiger partial charge on any atom is 0.161 e. The van der Waals surface area contributed by atoms with Crippen molar-refractivity contribution in [1.29, 1.82) is 0 Å². The van der Waals surface area contributed by atoms with E-state index in [1.165, 1.54) is 27.6 Å². The standard InChI is InChI=1S/C22H28N2O2/c1-14-8-10-18-17(7-5-6-12-23)22(24-21(18)15(14)2)16-9-11-19(25-3)20(13-16)26-4/h8-11,13,24H,5-7,12,23H2,1-4H3. The van der Waals surface area contributed by atoms with E-state index in [1.807, 2.05) is 12.1 Å². The molecule has 0 unspecified atom stereocenters. The molecule has 138 valence electrons. The van der Waals surface area contributed by atoms with Crippen LogP contribution >= 0.6 is 0 Å². The number of nitrogens with one attached hydrogen (secondary N) is 1. The molecule has 0 aliphatic rings. The van der Waals surface area contributed by atoms with Gasteiger partial charge in [-0.05, 0) is 74.5 Å². The largest absolute Gasteiger partial charge is 0.493 e. The third kappa shape index (κ3) is 3.29. The molecule has 3 rings (SSSR count). The van der Waals surface area contributed by atoms with Crippen LogP contribution in [0, 0.1) is 13.8 Å². The minimum Gasteiger partial charge on any atom is -0.493 e. The Hall–Kier alpha value is -2.46. The lowest BCUT2D eigenvalue weighted by molar-refractivity contribution is 0.355. The van der Waals surface area contributed by atoms with E-state index in [1.54, 1.807) is 14.2 Å². The number of hydrogen-bond acceptors (Lipinski definition) is 3. The van der Waals surface area contributed by atoms with Gasteiger partial charge in [0.2, 0.25) is 0 Å². The molecule has 1 aromatic heterocycles. The maximum absolute atomic E-state index is 5.71. The second-order valence-corrected chi connectivity index (χ2v) is 6.72. The first-order valence-electron chi connectivity index (χ1n) is 9.14. The lowest BCUT2D eigenvalue weighted by Gasteiger charge is -2.10. The summed E-state index contributed by atoms with van der Waals surface area (Å²) in [5, 5.41) is 1.30. The predicted octanol–water partition coefficient (Wildman–Crippen LogP) is 4.75. The summed E-state index contributed by atoms with van der Waals surface area (Å²) >= 11 is 0. The van der Waals surface area contributed by atoms with E-state index in [-0.39, 0.29) is 0 Å². The lowest BCUT2D eigenvalue weighted by atomic mass is 9.98. The first-order valence-corrected chi connectivity index (χ1v) is 9.14. The molecule has 3 N–H and O–H groups in total. The van der Waals surface area contributed by atoms with Crippen LogP contribution < -0.4 is 15.2 Å². The van der Waals surface area contributed by atoms with E-state index in [0.717, 1.165) is 48.6 Å². The molecular formula is C22H28N2O2. The van der Waals surface area contributed by atoms with Gasteiger partial charge in [-0.15, -0.1) is 0 Å². The van der Waals surface area contributed by atoms with E-state index < -0.39 is 0 Å². The summed E-state index contributed by atoms with van der Waals surface area (Å²) in [5.74, 6) is 1.48. The summed E-state index contributed by atoms with van der Waals surface area (Å²) in [6.45, 7) is 5.06. The second kappa shape index (κ2) is 7.83. The minimum absolute atomic E-state index is 0.728. The Kier molecular flexibility index (Phi) is 5.52. The number of unbranched alkanes of at least 4 members (excludes halogenated alkanes) is 1. The van der Waals surface area contributed by atoms with Crippen LogP contribution in [0.25, 0.3) is 22.2 Å². The van der Waals surface area contributed by atoms with Crippen LogP contribution in [0.2, 0.25) is 0 Å². The number of aromatic nitrogens is 1. The molecule has 3 aromatic rings. The van der Waals surface area contributed by atoms with E-state index in [0.29, 0.717) is 0 Å². The van der Waals surface area contributed by atoms with Gasteiger partial charge < -0.3 is 20.2 Å². The van der Waals surface area contributed by atoms with Crippen LogP contribution in [-0.4, -0.2) is 25.7 Å². The SMILES string of the molecule is COc1ccc(-c2[nH]c3c(C)c(C)ccc3c2CCCCN)cc1OC. The summed E-state index contributed by atoms with van der Waals surface area (Å²) in [4.78, 5) is 3.68. The van der Waals surface area contributed by atoms with Crippen molar-refractivity contribution in [3.63, 3.8) is 0 Å². The van der Waals surface area contributed by atoms with Gasteiger partial charge in [0.05, 0.1) is 14.2 Å².